The van der Waals surface area contributed by atoms with Gasteiger partial charge in [-0.3, -0.25) is 4.79 Å². The Balaban J connectivity index is 2.84. The van der Waals surface area contributed by atoms with E-state index in [1.54, 1.807) is 30.0 Å². The Kier molecular flexibility index (Phi) is 3.92. The first-order valence-corrected chi connectivity index (χ1v) is 4.76. The number of furan rings is 1. The Morgan fingerprint density at radius 3 is 2.47 bits per heavy atom. The Bertz CT molecular complexity index is 355. The van der Waals surface area contributed by atoms with E-state index in [1.807, 2.05) is 0 Å². The van der Waals surface area contributed by atoms with Gasteiger partial charge in [0.15, 0.2) is 0 Å². The number of rotatable bonds is 5. The molecule has 0 N–H and O–H groups in total. The van der Waals surface area contributed by atoms with Crippen molar-refractivity contribution in [3.05, 3.63) is 49.0 Å². The standard InChI is InChI=1S/C12H15NO2/c1-4-7-13(8-5-2)12(14)11-6-9-15-10(11)3/h4-6,9H,1-2,7-8H2,3H3. The summed E-state index contributed by atoms with van der Waals surface area (Å²) in [5.41, 5.74) is 0.596. The van der Waals surface area contributed by atoms with Gasteiger partial charge < -0.3 is 9.32 Å². The molecule has 15 heavy (non-hydrogen) atoms. The Morgan fingerprint density at radius 2 is 2.07 bits per heavy atom. The number of carbonyl (C=O) groups excluding carboxylic acids is 1. The molecule has 0 radical (unpaired) electrons. The van der Waals surface area contributed by atoms with Crippen molar-refractivity contribution >= 4 is 5.91 Å². The van der Waals surface area contributed by atoms with E-state index in [2.05, 4.69) is 13.2 Å². The first-order chi connectivity index (χ1) is 7.20. The summed E-state index contributed by atoms with van der Waals surface area (Å²) in [6.45, 7) is 10.0. The average Bonchev–Trinajstić information content (AvgIpc) is 2.63. The van der Waals surface area contributed by atoms with Crippen LogP contribution in [0.5, 0.6) is 0 Å². The predicted octanol–water partition coefficient (Wildman–Crippen LogP) is 2.40. The number of hydrogen-bond acceptors (Lipinski definition) is 2. The van der Waals surface area contributed by atoms with E-state index in [4.69, 9.17) is 4.42 Å². The minimum Gasteiger partial charge on any atom is -0.469 e. The van der Waals surface area contributed by atoms with Crippen molar-refractivity contribution < 1.29 is 9.21 Å². The molecule has 3 nitrogen and oxygen atoms in total. The third kappa shape index (κ3) is 2.59. The lowest BCUT2D eigenvalue weighted by Gasteiger charge is -2.18. The Hall–Kier alpha value is -1.77. The van der Waals surface area contributed by atoms with Gasteiger partial charge in [-0.15, -0.1) is 13.2 Å². The summed E-state index contributed by atoms with van der Waals surface area (Å²) < 4.78 is 5.09. The van der Waals surface area contributed by atoms with Gasteiger partial charge in [0.2, 0.25) is 0 Å². The van der Waals surface area contributed by atoms with E-state index in [1.165, 1.54) is 6.26 Å². The van der Waals surface area contributed by atoms with Gasteiger partial charge >= 0.3 is 0 Å². The zero-order valence-electron chi connectivity index (χ0n) is 8.90. The molecule has 0 bridgehead atoms. The van der Waals surface area contributed by atoms with E-state index in [9.17, 15) is 4.79 Å². The van der Waals surface area contributed by atoms with Crippen molar-refractivity contribution in [3.63, 3.8) is 0 Å². The van der Waals surface area contributed by atoms with Gasteiger partial charge in [0, 0.05) is 13.1 Å². The smallest absolute Gasteiger partial charge is 0.257 e. The second-order valence-electron chi connectivity index (χ2n) is 3.18. The van der Waals surface area contributed by atoms with Crippen LogP contribution < -0.4 is 0 Å². The average molecular weight is 205 g/mol. The molecule has 0 aromatic carbocycles. The molecule has 1 amide bonds. The van der Waals surface area contributed by atoms with Gasteiger partial charge in [-0.1, -0.05) is 12.2 Å². The summed E-state index contributed by atoms with van der Waals surface area (Å²) in [6.07, 6.45) is 4.90. The second-order valence-corrected chi connectivity index (χ2v) is 3.18. The van der Waals surface area contributed by atoms with Gasteiger partial charge in [0.05, 0.1) is 11.8 Å². The highest BCUT2D eigenvalue weighted by atomic mass is 16.3. The summed E-state index contributed by atoms with van der Waals surface area (Å²) in [6, 6.07) is 1.68. The zero-order valence-corrected chi connectivity index (χ0v) is 8.90. The summed E-state index contributed by atoms with van der Waals surface area (Å²) >= 11 is 0. The molecule has 0 aliphatic carbocycles. The highest BCUT2D eigenvalue weighted by Crippen LogP contribution is 2.11. The van der Waals surface area contributed by atoms with Crippen molar-refractivity contribution in [1.82, 2.24) is 4.90 Å². The summed E-state index contributed by atoms with van der Waals surface area (Å²) in [7, 11) is 0. The molecule has 3 heteroatoms. The van der Waals surface area contributed by atoms with E-state index >= 15 is 0 Å². The maximum atomic E-state index is 12.0. The molecule has 1 heterocycles. The van der Waals surface area contributed by atoms with Crippen molar-refractivity contribution in [1.29, 1.82) is 0 Å². The van der Waals surface area contributed by atoms with Crippen LogP contribution in [-0.2, 0) is 0 Å². The molecule has 0 spiro atoms. The molecule has 1 rings (SSSR count). The van der Waals surface area contributed by atoms with E-state index in [0.717, 1.165) is 0 Å². The zero-order chi connectivity index (χ0) is 11.3. The van der Waals surface area contributed by atoms with E-state index < -0.39 is 0 Å². The molecule has 0 saturated heterocycles. The topological polar surface area (TPSA) is 33.5 Å². The van der Waals surface area contributed by atoms with Gasteiger partial charge in [0.25, 0.3) is 5.91 Å². The largest absolute Gasteiger partial charge is 0.469 e. The quantitative estimate of drug-likeness (QED) is 0.691. The fraction of sp³-hybridized carbons (Fsp3) is 0.250. The molecule has 0 fully saturated rings. The first-order valence-electron chi connectivity index (χ1n) is 4.76. The number of hydrogen-bond donors (Lipinski definition) is 0. The molecule has 0 unspecified atom stereocenters. The van der Waals surface area contributed by atoms with Crippen LogP contribution in [0.1, 0.15) is 16.1 Å². The second kappa shape index (κ2) is 5.20. The molecule has 0 aliphatic heterocycles. The molecule has 0 aliphatic rings. The van der Waals surface area contributed by atoms with Crippen LogP contribution in [-0.4, -0.2) is 23.9 Å². The summed E-state index contributed by atoms with van der Waals surface area (Å²) in [5, 5.41) is 0. The number of nitrogens with zero attached hydrogens (tertiary/aromatic N) is 1. The monoisotopic (exact) mass is 205 g/mol. The fourth-order valence-electron chi connectivity index (χ4n) is 1.33. The molecular weight excluding hydrogens is 190 g/mol. The SMILES string of the molecule is C=CCN(CC=C)C(=O)c1ccoc1C. The molecule has 0 saturated carbocycles. The molecule has 1 aromatic rings. The normalized spacial score (nSPS) is 9.67. The highest BCUT2D eigenvalue weighted by molar-refractivity contribution is 5.95. The molecule has 0 atom stereocenters. The summed E-state index contributed by atoms with van der Waals surface area (Å²) in [5.74, 6) is 0.583. The van der Waals surface area contributed by atoms with Crippen LogP contribution in [0.3, 0.4) is 0 Å². The Morgan fingerprint density at radius 1 is 1.47 bits per heavy atom. The van der Waals surface area contributed by atoms with Crippen LogP contribution in [0.25, 0.3) is 0 Å². The number of aryl methyl sites for hydroxylation is 1. The minimum absolute atomic E-state index is 0.0546. The van der Waals surface area contributed by atoms with E-state index in [0.29, 0.717) is 24.4 Å². The molecule has 1 aromatic heterocycles. The van der Waals surface area contributed by atoms with Crippen molar-refractivity contribution in [2.75, 3.05) is 13.1 Å². The molecular formula is C12H15NO2. The van der Waals surface area contributed by atoms with Crippen LogP contribution in [0.15, 0.2) is 42.1 Å². The Labute approximate surface area is 89.7 Å². The minimum atomic E-state index is -0.0546. The van der Waals surface area contributed by atoms with Crippen molar-refractivity contribution in [2.24, 2.45) is 0 Å². The maximum absolute atomic E-state index is 12.0. The third-order valence-corrected chi connectivity index (χ3v) is 2.08. The summed E-state index contributed by atoms with van der Waals surface area (Å²) in [4.78, 5) is 13.6. The third-order valence-electron chi connectivity index (χ3n) is 2.08. The lowest BCUT2D eigenvalue weighted by atomic mass is 10.2. The highest BCUT2D eigenvalue weighted by Gasteiger charge is 2.16. The predicted molar refractivity (Wildman–Crippen MR) is 59.7 cm³/mol. The van der Waals surface area contributed by atoms with Crippen LogP contribution in [0, 0.1) is 6.92 Å². The van der Waals surface area contributed by atoms with Gasteiger partial charge in [-0.25, -0.2) is 0 Å². The van der Waals surface area contributed by atoms with E-state index in [-0.39, 0.29) is 5.91 Å². The van der Waals surface area contributed by atoms with Crippen LogP contribution in [0.4, 0.5) is 0 Å². The fourth-order valence-corrected chi connectivity index (χ4v) is 1.33. The van der Waals surface area contributed by atoms with Crippen molar-refractivity contribution in [2.45, 2.75) is 6.92 Å². The first kappa shape index (κ1) is 11.3. The van der Waals surface area contributed by atoms with Gasteiger partial charge in [-0.2, -0.15) is 0 Å². The van der Waals surface area contributed by atoms with Crippen LogP contribution >= 0.6 is 0 Å². The lowest BCUT2D eigenvalue weighted by molar-refractivity contribution is 0.0789. The number of amides is 1. The van der Waals surface area contributed by atoms with Crippen LogP contribution in [0.2, 0.25) is 0 Å². The van der Waals surface area contributed by atoms with Crippen molar-refractivity contribution in [3.8, 4) is 0 Å². The number of carbonyl (C=O) groups is 1. The van der Waals surface area contributed by atoms with Gasteiger partial charge in [0.1, 0.15) is 5.76 Å². The molecule has 80 valence electrons. The maximum Gasteiger partial charge on any atom is 0.257 e. The lowest BCUT2D eigenvalue weighted by Crippen LogP contribution is -2.31. The van der Waals surface area contributed by atoms with Gasteiger partial charge in [-0.05, 0) is 13.0 Å².